The van der Waals surface area contributed by atoms with Gasteiger partial charge in [-0.05, 0) is 23.0 Å². The fourth-order valence-corrected chi connectivity index (χ4v) is 2.65. The molecule has 0 aliphatic carbocycles. The molecule has 0 bridgehead atoms. The van der Waals surface area contributed by atoms with Crippen molar-refractivity contribution >= 4 is 24.0 Å². The second-order valence-electron chi connectivity index (χ2n) is 3.89. The molecule has 86 valence electrons. The molecule has 0 fully saturated rings. The monoisotopic (exact) mass is 243 g/mol. The van der Waals surface area contributed by atoms with Crippen LogP contribution in [0.2, 0.25) is 0 Å². The third-order valence-electron chi connectivity index (χ3n) is 2.82. The summed E-state index contributed by atoms with van der Waals surface area (Å²) in [5.74, 6) is 2.03. The van der Waals surface area contributed by atoms with Gasteiger partial charge in [-0.25, -0.2) is 0 Å². The number of hydrogen-bond donors (Lipinski definition) is 0. The Hall–Kier alpha value is -1.55. The van der Waals surface area contributed by atoms with Crippen LogP contribution in [0.3, 0.4) is 0 Å². The summed E-state index contributed by atoms with van der Waals surface area (Å²) in [7, 11) is 0. The molecule has 0 saturated carbocycles. The zero-order valence-electron chi connectivity index (χ0n) is 9.63. The van der Waals surface area contributed by atoms with Gasteiger partial charge < -0.3 is 0 Å². The average Bonchev–Trinajstić information content (AvgIpc) is 2.62. The van der Waals surface area contributed by atoms with Crippen molar-refractivity contribution in [2.75, 3.05) is 5.75 Å². The maximum Gasteiger partial charge on any atom is 0.195 e. The highest BCUT2D eigenvalue weighted by atomic mass is 32.2. The van der Waals surface area contributed by atoms with Crippen LogP contribution in [0.4, 0.5) is 0 Å². The smallest absolute Gasteiger partial charge is 0.195 e. The molecule has 0 unspecified atom stereocenters. The van der Waals surface area contributed by atoms with Crippen LogP contribution in [0.1, 0.15) is 23.9 Å². The Morgan fingerprint density at radius 3 is 3.06 bits per heavy atom. The van der Waals surface area contributed by atoms with Gasteiger partial charge in [-0.2, -0.15) is 0 Å². The minimum absolute atomic E-state index is 0.848. The van der Waals surface area contributed by atoms with E-state index in [2.05, 4.69) is 58.2 Å². The molecule has 1 aliphatic rings. The summed E-state index contributed by atoms with van der Waals surface area (Å²) >= 11 is 1.72. The Kier molecular flexibility index (Phi) is 2.73. The molecule has 1 aromatic heterocycles. The highest BCUT2D eigenvalue weighted by molar-refractivity contribution is 7.99. The largest absolute Gasteiger partial charge is 0.281 e. The molecule has 2 heterocycles. The SMILES string of the molecule is CCSc1nnc2n1C=Cc1ccccc1C2. The van der Waals surface area contributed by atoms with E-state index in [1.807, 2.05) is 0 Å². The molecule has 1 aromatic carbocycles. The van der Waals surface area contributed by atoms with Gasteiger partial charge in [-0.1, -0.05) is 43.0 Å². The van der Waals surface area contributed by atoms with Crippen molar-refractivity contribution in [3.8, 4) is 0 Å². The molecule has 1 aliphatic heterocycles. The summed E-state index contributed by atoms with van der Waals surface area (Å²) in [5.41, 5.74) is 2.58. The standard InChI is InChI=1S/C13H13N3S/c1-2-17-13-15-14-12-9-11-6-4-3-5-10(11)7-8-16(12)13/h3-8H,2,9H2,1H3. The van der Waals surface area contributed by atoms with Crippen LogP contribution < -0.4 is 0 Å². The molecule has 0 radical (unpaired) electrons. The first-order valence-electron chi connectivity index (χ1n) is 5.71. The van der Waals surface area contributed by atoms with Crippen molar-refractivity contribution in [3.63, 3.8) is 0 Å². The third-order valence-corrected chi connectivity index (χ3v) is 3.64. The van der Waals surface area contributed by atoms with Crippen molar-refractivity contribution in [1.82, 2.24) is 14.8 Å². The van der Waals surface area contributed by atoms with E-state index in [-0.39, 0.29) is 0 Å². The zero-order valence-corrected chi connectivity index (χ0v) is 10.4. The predicted molar refractivity (Wildman–Crippen MR) is 70.9 cm³/mol. The average molecular weight is 243 g/mol. The van der Waals surface area contributed by atoms with Crippen LogP contribution in [-0.2, 0) is 6.42 Å². The van der Waals surface area contributed by atoms with E-state index in [4.69, 9.17) is 0 Å². The van der Waals surface area contributed by atoms with Crippen LogP contribution in [0.15, 0.2) is 29.4 Å². The zero-order chi connectivity index (χ0) is 11.7. The molecule has 0 N–H and O–H groups in total. The number of thioether (sulfide) groups is 1. The van der Waals surface area contributed by atoms with E-state index < -0.39 is 0 Å². The first kappa shape index (κ1) is 10.6. The number of rotatable bonds is 2. The molecule has 17 heavy (non-hydrogen) atoms. The Balaban J connectivity index is 2.07. The molecule has 0 spiro atoms. The molecule has 0 saturated heterocycles. The maximum absolute atomic E-state index is 4.28. The van der Waals surface area contributed by atoms with Crippen LogP contribution >= 0.6 is 11.8 Å². The van der Waals surface area contributed by atoms with Gasteiger partial charge in [0.1, 0.15) is 5.82 Å². The third kappa shape index (κ3) is 1.89. The summed E-state index contributed by atoms with van der Waals surface area (Å²) in [6.07, 6.45) is 5.05. The lowest BCUT2D eigenvalue weighted by Crippen LogP contribution is -1.97. The first-order chi connectivity index (χ1) is 8.38. The highest BCUT2D eigenvalue weighted by Gasteiger charge is 2.14. The fraction of sp³-hybridized carbons (Fsp3) is 0.231. The highest BCUT2D eigenvalue weighted by Crippen LogP contribution is 2.24. The van der Waals surface area contributed by atoms with Gasteiger partial charge in [0, 0.05) is 12.6 Å². The van der Waals surface area contributed by atoms with E-state index in [9.17, 15) is 0 Å². The van der Waals surface area contributed by atoms with Gasteiger partial charge in [0.15, 0.2) is 5.16 Å². The van der Waals surface area contributed by atoms with Gasteiger partial charge in [-0.3, -0.25) is 4.57 Å². The molecule has 0 amide bonds. The number of benzene rings is 1. The summed E-state index contributed by atoms with van der Waals surface area (Å²) in [6.45, 7) is 2.13. The number of nitrogens with zero attached hydrogens (tertiary/aromatic N) is 3. The maximum atomic E-state index is 4.28. The Labute approximate surface area is 105 Å². The van der Waals surface area contributed by atoms with Gasteiger partial charge in [0.25, 0.3) is 0 Å². The second kappa shape index (κ2) is 4.37. The van der Waals surface area contributed by atoms with E-state index in [0.29, 0.717) is 0 Å². The van der Waals surface area contributed by atoms with Gasteiger partial charge in [-0.15, -0.1) is 10.2 Å². The Bertz CT molecular complexity index is 572. The van der Waals surface area contributed by atoms with Crippen molar-refractivity contribution in [3.05, 3.63) is 41.2 Å². The Morgan fingerprint density at radius 2 is 2.18 bits per heavy atom. The molecular weight excluding hydrogens is 230 g/mol. The summed E-state index contributed by atoms with van der Waals surface area (Å²) in [6, 6.07) is 8.42. The van der Waals surface area contributed by atoms with Crippen LogP contribution in [0.25, 0.3) is 12.3 Å². The molecule has 4 heteroatoms. The number of aromatic nitrogens is 3. The topological polar surface area (TPSA) is 30.7 Å². The first-order valence-corrected chi connectivity index (χ1v) is 6.69. The number of hydrogen-bond acceptors (Lipinski definition) is 3. The number of fused-ring (bicyclic) bond motifs is 2. The normalized spacial score (nSPS) is 13.0. The quantitative estimate of drug-likeness (QED) is 0.648. The minimum Gasteiger partial charge on any atom is -0.281 e. The minimum atomic E-state index is 0.848. The lowest BCUT2D eigenvalue weighted by atomic mass is 10.1. The van der Waals surface area contributed by atoms with E-state index in [0.717, 1.165) is 23.2 Å². The second-order valence-corrected chi connectivity index (χ2v) is 5.12. The lowest BCUT2D eigenvalue weighted by Gasteiger charge is -2.01. The molecule has 2 aromatic rings. The summed E-state index contributed by atoms with van der Waals surface area (Å²) in [4.78, 5) is 0. The molecule has 3 nitrogen and oxygen atoms in total. The predicted octanol–water partition coefficient (Wildman–Crippen LogP) is 2.92. The van der Waals surface area contributed by atoms with Crippen molar-refractivity contribution < 1.29 is 0 Å². The summed E-state index contributed by atoms with van der Waals surface area (Å²) < 4.78 is 2.09. The molecule has 3 rings (SSSR count). The molecule has 0 atom stereocenters. The van der Waals surface area contributed by atoms with E-state index in [1.165, 1.54) is 11.1 Å². The van der Waals surface area contributed by atoms with Gasteiger partial charge in [0.05, 0.1) is 0 Å². The fourth-order valence-electron chi connectivity index (χ4n) is 1.99. The molecular formula is C13H13N3S. The van der Waals surface area contributed by atoms with Crippen LogP contribution in [0, 0.1) is 0 Å². The van der Waals surface area contributed by atoms with Crippen molar-refractivity contribution in [1.29, 1.82) is 0 Å². The van der Waals surface area contributed by atoms with E-state index in [1.54, 1.807) is 11.8 Å². The van der Waals surface area contributed by atoms with Crippen molar-refractivity contribution in [2.45, 2.75) is 18.5 Å². The van der Waals surface area contributed by atoms with Gasteiger partial charge >= 0.3 is 0 Å². The van der Waals surface area contributed by atoms with E-state index >= 15 is 0 Å². The van der Waals surface area contributed by atoms with Crippen molar-refractivity contribution in [2.24, 2.45) is 0 Å². The lowest BCUT2D eigenvalue weighted by molar-refractivity contribution is 0.899. The Morgan fingerprint density at radius 1 is 1.29 bits per heavy atom. The van der Waals surface area contributed by atoms with Crippen LogP contribution in [-0.4, -0.2) is 20.5 Å². The summed E-state index contributed by atoms with van der Waals surface area (Å²) in [5, 5.41) is 9.48. The van der Waals surface area contributed by atoms with Gasteiger partial charge in [0.2, 0.25) is 0 Å². The van der Waals surface area contributed by atoms with Crippen LogP contribution in [0.5, 0.6) is 0 Å².